The fraction of sp³-hybridized carbons (Fsp3) is 0.286. The molecular formula is C28H30N8O3. The fourth-order valence-corrected chi connectivity index (χ4v) is 4.49. The number of carbonyl (C=O) groups is 1. The van der Waals surface area contributed by atoms with Crippen LogP contribution in [0.15, 0.2) is 60.7 Å². The van der Waals surface area contributed by atoms with Crippen LogP contribution in [0.4, 0.5) is 5.95 Å². The molecule has 0 aliphatic carbocycles. The summed E-state index contributed by atoms with van der Waals surface area (Å²) in [6, 6.07) is 18.1. The van der Waals surface area contributed by atoms with Crippen LogP contribution >= 0.6 is 0 Å². The number of nitrogens with one attached hydrogen (secondary N) is 2. The van der Waals surface area contributed by atoms with Gasteiger partial charge >= 0.3 is 5.95 Å². The molecule has 0 saturated carbocycles. The first-order chi connectivity index (χ1) is 18.9. The Morgan fingerprint density at radius 3 is 2.41 bits per heavy atom. The average molecular weight is 527 g/mol. The number of rotatable bonds is 10. The van der Waals surface area contributed by atoms with Gasteiger partial charge in [-0.3, -0.25) is 10.1 Å². The molecule has 0 bridgehead atoms. The normalized spacial score (nSPS) is 11.5. The highest BCUT2D eigenvalue weighted by atomic mass is 16.5. The molecule has 0 saturated heterocycles. The maximum atomic E-state index is 12.9. The van der Waals surface area contributed by atoms with Gasteiger partial charge < -0.3 is 20.6 Å². The van der Waals surface area contributed by atoms with Gasteiger partial charge in [-0.2, -0.15) is 0 Å². The summed E-state index contributed by atoms with van der Waals surface area (Å²) >= 11 is 0. The number of hydrogen-bond acceptors (Lipinski definition) is 8. The van der Waals surface area contributed by atoms with E-state index in [1.807, 2.05) is 50.4 Å². The van der Waals surface area contributed by atoms with E-state index in [-0.39, 0.29) is 22.9 Å². The lowest BCUT2D eigenvalue weighted by Crippen LogP contribution is -2.44. The lowest BCUT2D eigenvalue weighted by atomic mass is 10.1. The molecule has 11 nitrogen and oxygen atoms in total. The Kier molecular flexibility index (Phi) is 7.60. The fourth-order valence-electron chi connectivity index (χ4n) is 4.49. The maximum absolute atomic E-state index is 12.9. The van der Waals surface area contributed by atoms with Crippen LogP contribution in [0.5, 0.6) is 0 Å². The second-order valence-electron chi connectivity index (χ2n) is 9.56. The van der Waals surface area contributed by atoms with E-state index < -0.39 is 0 Å². The van der Waals surface area contributed by atoms with Crippen LogP contribution in [0.1, 0.15) is 28.8 Å². The van der Waals surface area contributed by atoms with Crippen LogP contribution in [0, 0.1) is 17.3 Å². The Morgan fingerprint density at radius 1 is 0.897 bits per heavy atom. The van der Waals surface area contributed by atoms with E-state index in [2.05, 4.69) is 30.6 Å². The van der Waals surface area contributed by atoms with Gasteiger partial charge in [0.05, 0.1) is 28.7 Å². The first-order valence-electron chi connectivity index (χ1n) is 12.9. The van der Waals surface area contributed by atoms with E-state index in [1.165, 1.54) is 0 Å². The molecule has 5 aromatic rings. The van der Waals surface area contributed by atoms with Crippen LogP contribution in [0.25, 0.3) is 33.1 Å². The molecule has 39 heavy (non-hydrogen) atoms. The average Bonchev–Trinajstić information content (AvgIpc) is 2.94. The first kappa shape index (κ1) is 26.0. The molecule has 0 unspecified atom stereocenters. The van der Waals surface area contributed by atoms with Crippen molar-refractivity contribution < 1.29 is 14.4 Å². The Balaban J connectivity index is 1.07. The summed E-state index contributed by atoms with van der Waals surface area (Å²) in [5.74, 6) is -0.186. The molecule has 2 aromatic heterocycles. The predicted octanol–water partition coefficient (Wildman–Crippen LogP) is 2.46. The largest absolute Gasteiger partial charge is 0.739 e. The van der Waals surface area contributed by atoms with E-state index in [4.69, 9.17) is 0 Å². The molecule has 0 aliphatic heterocycles. The number of aromatic nitrogens is 5. The second-order valence-corrected chi connectivity index (χ2v) is 9.56. The lowest BCUT2D eigenvalue weighted by molar-refractivity contribution is -0.672. The highest BCUT2D eigenvalue weighted by Crippen LogP contribution is 2.19. The molecule has 3 aromatic carbocycles. The summed E-state index contributed by atoms with van der Waals surface area (Å²) in [6.45, 7) is 4.43. The molecule has 0 aliphatic rings. The number of aryl methyl sites for hydroxylation is 1. The van der Waals surface area contributed by atoms with Gasteiger partial charge in [0.2, 0.25) is 5.10 Å². The van der Waals surface area contributed by atoms with E-state index in [0.717, 1.165) is 42.5 Å². The Morgan fingerprint density at radius 2 is 1.62 bits per heavy atom. The van der Waals surface area contributed by atoms with Gasteiger partial charge in [0, 0.05) is 24.0 Å². The molecule has 2 N–H and O–H groups in total. The number of anilines is 1. The lowest BCUT2D eigenvalue weighted by Gasteiger charge is -2.16. The number of carbonyl (C=O) groups excluding carboxylic acids is 1. The van der Waals surface area contributed by atoms with Crippen molar-refractivity contribution in [2.75, 3.05) is 38.5 Å². The zero-order chi connectivity index (χ0) is 27.4. The summed E-state index contributed by atoms with van der Waals surface area (Å²) in [7, 11) is 2.00. The monoisotopic (exact) mass is 526 g/mol. The minimum atomic E-state index is -0.170. The van der Waals surface area contributed by atoms with Crippen LogP contribution in [-0.2, 0) is 0 Å². The molecule has 0 fully saturated rings. The van der Waals surface area contributed by atoms with Crippen LogP contribution < -0.4 is 20.2 Å². The summed E-state index contributed by atoms with van der Waals surface area (Å²) in [5.41, 5.74) is 4.75. The van der Waals surface area contributed by atoms with Gasteiger partial charge in [-0.1, -0.05) is 24.3 Å². The predicted molar refractivity (Wildman–Crippen MR) is 149 cm³/mol. The summed E-state index contributed by atoms with van der Waals surface area (Å²) in [5, 5.41) is 34.6. The summed E-state index contributed by atoms with van der Waals surface area (Å²) in [4.78, 5) is 24.8. The highest BCUT2D eigenvalue weighted by molar-refractivity contribution is 6.06. The van der Waals surface area contributed by atoms with E-state index >= 15 is 0 Å². The molecule has 5 rings (SSSR count). The van der Waals surface area contributed by atoms with Gasteiger partial charge in [0.25, 0.3) is 11.4 Å². The number of benzene rings is 3. The number of amides is 1. The zero-order valence-electron chi connectivity index (χ0n) is 21.9. The van der Waals surface area contributed by atoms with Crippen LogP contribution in [-0.4, -0.2) is 59.1 Å². The van der Waals surface area contributed by atoms with Gasteiger partial charge in [0.15, 0.2) is 5.52 Å². The van der Waals surface area contributed by atoms with Gasteiger partial charge in [-0.05, 0) is 69.3 Å². The topological polar surface area (TPSA) is 137 Å². The number of fused-ring (bicyclic) bond motifs is 3. The van der Waals surface area contributed by atoms with Crippen molar-refractivity contribution in [1.29, 1.82) is 0 Å². The maximum Gasteiger partial charge on any atom is 0.460 e. The number of nitrogens with zero attached hydrogens (tertiary/aromatic N) is 6. The molecule has 0 atom stereocenters. The number of hydrogen-bond donors (Lipinski definition) is 2. The molecule has 0 spiro atoms. The first-order valence-corrected chi connectivity index (χ1v) is 12.9. The standard InChI is InChI=1S/C28H30N8O3/c1-19-12-13-24-25(18-19)36(39)33-28(35(24)38)30-15-7-17-34(2)16-6-14-29-27(37)20-8-5-11-23-26(20)32-22-10-4-3-9-21(22)31-23/h3-5,8-13,18H,6-7,14-17H2,1-2H3,(H,29,37)(H,30,33). The van der Waals surface area contributed by atoms with E-state index in [0.29, 0.717) is 39.3 Å². The number of para-hydroxylation sites is 3. The Bertz CT molecular complexity index is 1660. The van der Waals surface area contributed by atoms with Crippen molar-refractivity contribution in [2.45, 2.75) is 19.8 Å². The van der Waals surface area contributed by atoms with Crippen LogP contribution in [0.3, 0.4) is 0 Å². The van der Waals surface area contributed by atoms with Crippen molar-refractivity contribution in [3.8, 4) is 0 Å². The molecule has 1 amide bonds. The molecule has 0 radical (unpaired) electrons. The minimum Gasteiger partial charge on any atom is -0.739 e. The zero-order valence-corrected chi connectivity index (χ0v) is 21.9. The van der Waals surface area contributed by atoms with Crippen molar-refractivity contribution >= 4 is 45.0 Å². The smallest absolute Gasteiger partial charge is 0.460 e. The SMILES string of the molecule is Cc1ccc2c(c1)[n+]([O-])nc(NCCCN(C)CCCNC(=O)c1cccc3nc4ccccc4nc13)[n+]2[O-]. The van der Waals surface area contributed by atoms with Crippen molar-refractivity contribution in [2.24, 2.45) is 0 Å². The Hall–Kier alpha value is -4.64. The van der Waals surface area contributed by atoms with Crippen LogP contribution in [0.2, 0.25) is 0 Å². The molecule has 11 heteroatoms. The van der Waals surface area contributed by atoms with E-state index in [1.54, 1.807) is 24.3 Å². The Labute approximate surface area is 225 Å². The molecule has 200 valence electrons. The van der Waals surface area contributed by atoms with Crippen molar-refractivity contribution in [1.82, 2.24) is 25.3 Å². The minimum absolute atomic E-state index is 0.0159. The van der Waals surface area contributed by atoms with Crippen molar-refractivity contribution in [3.05, 3.63) is 82.2 Å². The third-order valence-electron chi connectivity index (χ3n) is 6.55. The third kappa shape index (κ3) is 5.78. The summed E-state index contributed by atoms with van der Waals surface area (Å²) in [6.07, 6.45) is 1.52. The third-order valence-corrected chi connectivity index (χ3v) is 6.55. The summed E-state index contributed by atoms with van der Waals surface area (Å²) < 4.78 is 0.652. The molecular weight excluding hydrogens is 496 g/mol. The van der Waals surface area contributed by atoms with Gasteiger partial charge in [0.1, 0.15) is 5.52 Å². The van der Waals surface area contributed by atoms with E-state index in [9.17, 15) is 15.2 Å². The second kappa shape index (κ2) is 11.4. The highest BCUT2D eigenvalue weighted by Gasteiger charge is 2.20. The van der Waals surface area contributed by atoms with Gasteiger partial charge in [-0.15, -0.1) is 0 Å². The quantitative estimate of drug-likeness (QED) is 0.123. The molecule has 2 heterocycles. The van der Waals surface area contributed by atoms with Gasteiger partial charge in [-0.25, -0.2) is 14.7 Å². The van der Waals surface area contributed by atoms with Crippen molar-refractivity contribution in [3.63, 3.8) is 0 Å².